The SMILES string of the molecule is CCCCCCCC(=O)N1CCN(c2ccc(NC(=O)Nc3ccccc3)cc2)CC1. The van der Waals surface area contributed by atoms with Gasteiger partial charge in [0.2, 0.25) is 5.91 Å². The number of amides is 3. The van der Waals surface area contributed by atoms with Gasteiger partial charge in [-0.05, 0) is 42.8 Å². The first kappa shape index (κ1) is 22.7. The summed E-state index contributed by atoms with van der Waals surface area (Å²) in [6.07, 6.45) is 6.56. The van der Waals surface area contributed by atoms with E-state index in [2.05, 4.69) is 22.5 Å². The summed E-state index contributed by atoms with van der Waals surface area (Å²) in [5.41, 5.74) is 2.61. The first-order valence-corrected chi connectivity index (χ1v) is 11.4. The van der Waals surface area contributed by atoms with Crippen molar-refractivity contribution >= 4 is 29.0 Å². The maximum atomic E-state index is 12.4. The summed E-state index contributed by atoms with van der Waals surface area (Å²) in [5, 5.41) is 5.66. The van der Waals surface area contributed by atoms with Crippen molar-refractivity contribution in [1.82, 2.24) is 4.90 Å². The van der Waals surface area contributed by atoms with E-state index in [9.17, 15) is 9.59 Å². The number of piperazine rings is 1. The second-order valence-corrected chi connectivity index (χ2v) is 8.02. The number of nitrogens with zero attached hydrogens (tertiary/aromatic N) is 2. The molecule has 6 heteroatoms. The van der Waals surface area contributed by atoms with E-state index in [0.29, 0.717) is 12.3 Å². The predicted molar refractivity (Wildman–Crippen MR) is 128 cm³/mol. The minimum Gasteiger partial charge on any atom is -0.368 e. The lowest BCUT2D eigenvalue weighted by atomic mass is 10.1. The van der Waals surface area contributed by atoms with E-state index in [1.54, 1.807) is 0 Å². The topological polar surface area (TPSA) is 64.7 Å². The molecular weight excluding hydrogens is 388 g/mol. The highest BCUT2D eigenvalue weighted by atomic mass is 16.2. The van der Waals surface area contributed by atoms with Crippen molar-refractivity contribution in [2.45, 2.75) is 45.4 Å². The van der Waals surface area contributed by atoms with E-state index in [1.807, 2.05) is 59.5 Å². The van der Waals surface area contributed by atoms with Crippen molar-refractivity contribution in [3.05, 3.63) is 54.6 Å². The number of unbranched alkanes of at least 4 members (excludes halogenated alkanes) is 4. The van der Waals surface area contributed by atoms with E-state index in [0.717, 1.165) is 56.1 Å². The summed E-state index contributed by atoms with van der Waals surface area (Å²) < 4.78 is 0. The molecule has 0 saturated carbocycles. The number of carbonyl (C=O) groups is 2. The summed E-state index contributed by atoms with van der Waals surface area (Å²) in [6, 6.07) is 17.0. The molecule has 31 heavy (non-hydrogen) atoms. The Morgan fingerprint density at radius 3 is 2.03 bits per heavy atom. The average molecular weight is 423 g/mol. The van der Waals surface area contributed by atoms with Crippen LogP contribution in [0.5, 0.6) is 0 Å². The first-order valence-electron chi connectivity index (χ1n) is 11.4. The highest BCUT2D eigenvalue weighted by Crippen LogP contribution is 2.20. The molecule has 0 atom stereocenters. The molecule has 1 fully saturated rings. The number of hydrogen-bond donors (Lipinski definition) is 2. The molecule has 2 N–H and O–H groups in total. The van der Waals surface area contributed by atoms with E-state index in [1.165, 1.54) is 19.3 Å². The van der Waals surface area contributed by atoms with Crippen LogP contribution in [-0.2, 0) is 4.79 Å². The fourth-order valence-electron chi connectivity index (χ4n) is 3.82. The fraction of sp³-hybridized carbons (Fsp3) is 0.440. The van der Waals surface area contributed by atoms with Gasteiger partial charge >= 0.3 is 6.03 Å². The summed E-state index contributed by atoms with van der Waals surface area (Å²) in [5.74, 6) is 0.292. The second kappa shape index (κ2) is 12.0. The largest absolute Gasteiger partial charge is 0.368 e. The number of benzene rings is 2. The second-order valence-electron chi connectivity index (χ2n) is 8.02. The number of anilines is 3. The highest BCUT2D eigenvalue weighted by molar-refractivity contribution is 5.99. The minimum absolute atomic E-state index is 0.263. The number of rotatable bonds is 9. The van der Waals surface area contributed by atoms with Crippen LogP contribution in [-0.4, -0.2) is 43.0 Å². The Morgan fingerprint density at radius 1 is 0.774 bits per heavy atom. The van der Waals surface area contributed by atoms with Crippen molar-refractivity contribution < 1.29 is 9.59 Å². The van der Waals surface area contributed by atoms with E-state index < -0.39 is 0 Å². The van der Waals surface area contributed by atoms with Crippen LogP contribution in [0.15, 0.2) is 54.6 Å². The summed E-state index contributed by atoms with van der Waals surface area (Å²) in [4.78, 5) is 28.8. The Bertz CT molecular complexity index is 815. The third-order valence-corrected chi connectivity index (χ3v) is 5.65. The van der Waals surface area contributed by atoms with Crippen LogP contribution < -0.4 is 15.5 Å². The minimum atomic E-state index is -0.263. The molecule has 0 bridgehead atoms. The maximum absolute atomic E-state index is 12.4. The number of para-hydroxylation sites is 1. The van der Waals surface area contributed by atoms with Crippen molar-refractivity contribution in [1.29, 1.82) is 0 Å². The van der Waals surface area contributed by atoms with Crippen LogP contribution in [0.25, 0.3) is 0 Å². The molecule has 0 radical (unpaired) electrons. The maximum Gasteiger partial charge on any atom is 0.323 e. The molecule has 2 aromatic rings. The summed E-state index contributed by atoms with van der Waals surface area (Å²) in [7, 11) is 0. The molecule has 1 saturated heterocycles. The third-order valence-electron chi connectivity index (χ3n) is 5.65. The molecule has 0 unspecified atom stereocenters. The van der Waals surface area contributed by atoms with E-state index >= 15 is 0 Å². The lowest BCUT2D eigenvalue weighted by Crippen LogP contribution is -2.48. The van der Waals surface area contributed by atoms with Gasteiger partial charge in [0, 0.05) is 49.7 Å². The summed E-state index contributed by atoms with van der Waals surface area (Å²) >= 11 is 0. The van der Waals surface area contributed by atoms with Gasteiger partial charge in [0.25, 0.3) is 0 Å². The van der Waals surface area contributed by atoms with Crippen LogP contribution in [0.4, 0.5) is 21.9 Å². The number of urea groups is 1. The molecule has 1 heterocycles. The molecule has 3 rings (SSSR count). The van der Waals surface area contributed by atoms with Gasteiger partial charge in [-0.1, -0.05) is 50.8 Å². The zero-order valence-corrected chi connectivity index (χ0v) is 18.5. The lowest BCUT2D eigenvalue weighted by Gasteiger charge is -2.36. The first-order chi connectivity index (χ1) is 15.2. The molecule has 1 aliphatic heterocycles. The summed E-state index contributed by atoms with van der Waals surface area (Å²) in [6.45, 7) is 5.42. The van der Waals surface area contributed by atoms with Crippen molar-refractivity contribution in [3.63, 3.8) is 0 Å². The molecular formula is C25H34N4O2. The van der Waals surface area contributed by atoms with Crippen LogP contribution in [0.2, 0.25) is 0 Å². The van der Waals surface area contributed by atoms with Gasteiger partial charge in [0.05, 0.1) is 0 Å². The molecule has 0 aliphatic carbocycles. The van der Waals surface area contributed by atoms with Crippen LogP contribution in [0.1, 0.15) is 45.4 Å². The molecule has 6 nitrogen and oxygen atoms in total. The van der Waals surface area contributed by atoms with Crippen molar-refractivity contribution in [3.8, 4) is 0 Å². The Hall–Kier alpha value is -3.02. The van der Waals surface area contributed by atoms with Gasteiger partial charge in [-0.3, -0.25) is 4.79 Å². The fourth-order valence-corrected chi connectivity index (χ4v) is 3.82. The Balaban J connectivity index is 1.40. The van der Waals surface area contributed by atoms with E-state index in [4.69, 9.17) is 0 Å². The van der Waals surface area contributed by atoms with Gasteiger partial charge in [0.1, 0.15) is 0 Å². The molecule has 2 aromatic carbocycles. The average Bonchev–Trinajstić information content (AvgIpc) is 2.80. The molecule has 0 spiro atoms. The van der Waals surface area contributed by atoms with Crippen LogP contribution in [0, 0.1) is 0 Å². The van der Waals surface area contributed by atoms with Crippen LogP contribution >= 0.6 is 0 Å². The predicted octanol–water partition coefficient (Wildman–Crippen LogP) is 5.34. The molecule has 166 valence electrons. The number of nitrogens with one attached hydrogen (secondary N) is 2. The zero-order chi connectivity index (χ0) is 21.9. The van der Waals surface area contributed by atoms with Gasteiger partial charge in [-0.2, -0.15) is 0 Å². The smallest absolute Gasteiger partial charge is 0.323 e. The molecule has 3 amide bonds. The Morgan fingerprint density at radius 2 is 1.39 bits per heavy atom. The normalized spacial score (nSPS) is 13.7. The molecule has 1 aliphatic rings. The number of carbonyl (C=O) groups excluding carboxylic acids is 2. The Labute approximate surface area is 185 Å². The van der Waals surface area contributed by atoms with E-state index in [-0.39, 0.29) is 6.03 Å². The van der Waals surface area contributed by atoms with Crippen LogP contribution in [0.3, 0.4) is 0 Å². The zero-order valence-electron chi connectivity index (χ0n) is 18.5. The quantitative estimate of drug-likeness (QED) is 0.536. The lowest BCUT2D eigenvalue weighted by molar-refractivity contribution is -0.131. The van der Waals surface area contributed by atoms with Gasteiger partial charge < -0.3 is 20.4 Å². The monoisotopic (exact) mass is 422 g/mol. The third kappa shape index (κ3) is 7.31. The van der Waals surface area contributed by atoms with Crippen molar-refractivity contribution in [2.75, 3.05) is 41.7 Å². The van der Waals surface area contributed by atoms with Gasteiger partial charge in [-0.25, -0.2) is 4.79 Å². The standard InChI is InChI=1S/C25H34N4O2/c1-2-3-4-5-9-12-24(30)29-19-17-28(18-20-29)23-15-13-22(14-16-23)27-25(31)26-21-10-7-6-8-11-21/h6-8,10-11,13-16H,2-5,9,12,17-20H2,1H3,(H2,26,27,31). The van der Waals surface area contributed by atoms with Gasteiger partial charge in [0.15, 0.2) is 0 Å². The molecule has 0 aromatic heterocycles. The number of hydrogen-bond acceptors (Lipinski definition) is 3. The highest BCUT2D eigenvalue weighted by Gasteiger charge is 2.20. The van der Waals surface area contributed by atoms with Gasteiger partial charge in [-0.15, -0.1) is 0 Å². The Kier molecular flexibility index (Phi) is 8.76. The van der Waals surface area contributed by atoms with Crippen molar-refractivity contribution in [2.24, 2.45) is 0 Å².